The van der Waals surface area contributed by atoms with Crippen LogP contribution < -0.4 is 5.32 Å². The number of nitrogens with one attached hydrogen (secondary N) is 1. The van der Waals surface area contributed by atoms with Gasteiger partial charge in [0.2, 0.25) is 0 Å². The van der Waals surface area contributed by atoms with E-state index in [1.165, 1.54) is 12.1 Å². The molecule has 1 aromatic rings. The van der Waals surface area contributed by atoms with Crippen molar-refractivity contribution in [2.45, 2.75) is 6.54 Å². The van der Waals surface area contributed by atoms with E-state index in [2.05, 4.69) is 21.2 Å². The zero-order chi connectivity index (χ0) is 11.8. The van der Waals surface area contributed by atoms with Crippen LogP contribution in [0, 0.1) is 5.82 Å². The molecule has 1 aromatic carbocycles. The Kier molecular flexibility index (Phi) is 6.56. The van der Waals surface area contributed by atoms with Gasteiger partial charge in [-0.15, -0.1) is 0 Å². The zero-order valence-electron chi connectivity index (χ0n) is 8.88. The van der Waals surface area contributed by atoms with Crippen LogP contribution in [0.4, 0.5) is 4.39 Å². The monoisotopic (exact) mass is 291 g/mol. The van der Waals surface area contributed by atoms with Gasteiger partial charge >= 0.3 is 0 Å². The summed E-state index contributed by atoms with van der Waals surface area (Å²) in [5.74, 6) is -0.247. The van der Waals surface area contributed by atoms with E-state index < -0.39 is 0 Å². The van der Waals surface area contributed by atoms with E-state index in [4.69, 9.17) is 9.84 Å². The summed E-state index contributed by atoms with van der Waals surface area (Å²) in [6.45, 7) is 2.20. The third-order valence-corrected chi connectivity index (χ3v) is 2.37. The fourth-order valence-electron chi connectivity index (χ4n) is 1.26. The Balaban J connectivity index is 2.21. The molecule has 0 aliphatic rings. The predicted molar refractivity (Wildman–Crippen MR) is 63.7 cm³/mol. The maximum absolute atomic E-state index is 13.0. The lowest BCUT2D eigenvalue weighted by Gasteiger charge is -2.06. The quantitative estimate of drug-likeness (QED) is 0.751. The second kappa shape index (κ2) is 7.73. The summed E-state index contributed by atoms with van der Waals surface area (Å²) >= 11 is 3.24. The van der Waals surface area contributed by atoms with Gasteiger partial charge in [-0.3, -0.25) is 0 Å². The maximum Gasteiger partial charge on any atom is 0.124 e. The number of halogens is 2. The number of aliphatic hydroxyl groups is 1. The third kappa shape index (κ3) is 5.55. The summed E-state index contributed by atoms with van der Waals surface area (Å²) in [6.07, 6.45) is 0. The minimum Gasteiger partial charge on any atom is -0.394 e. The van der Waals surface area contributed by atoms with Gasteiger partial charge in [-0.2, -0.15) is 0 Å². The molecule has 0 amide bonds. The highest BCUT2D eigenvalue weighted by atomic mass is 79.9. The number of ether oxygens (including phenoxy) is 1. The first-order valence-corrected chi connectivity index (χ1v) is 5.86. The number of hydrogen-bond donors (Lipinski definition) is 2. The summed E-state index contributed by atoms with van der Waals surface area (Å²) in [5.41, 5.74) is 0.883. The molecule has 0 atom stereocenters. The molecule has 0 aliphatic heterocycles. The second-order valence-corrected chi connectivity index (χ2v) is 4.21. The number of rotatable bonds is 7. The molecule has 0 heterocycles. The van der Waals surface area contributed by atoms with Crippen LogP contribution in [-0.4, -0.2) is 31.5 Å². The summed E-state index contributed by atoms with van der Waals surface area (Å²) < 4.78 is 18.8. The van der Waals surface area contributed by atoms with E-state index in [0.717, 1.165) is 10.0 Å². The lowest BCUT2D eigenvalue weighted by molar-refractivity contribution is 0.0938. The summed E-state index contributed by atoms with van der Waals surface area (Å²) in [4.78, 5) is 0. The van der Waals surface area contributed by atoms with Crippen LogP contribution in [0.1, 0.15) is 5.56 Å². The molecule has 0 aromatic heterocycles. The molecule has 0 aliphatic carbocycles. The fraction of sp³-hybridized carbons (Fsp3) is 0.455. The Hall–Kier alpha value is -0.490. The Morgan fingerprint density at radius 3 is 2.81 bits per heavy atom. The van der Waals surface area contributed by atoms with Gasteiger partial charge in [0, 0.05) is 17.6 Å². The maximum atomic E-state index is 13.0. The van der Waals surface area contributed by atoms with E-state index in [9.17, 15) is 4.39 Å². The van der Waals surface area contributed by atoms with Crippen molar-refractivity contribution in [1.29, 1.82) is 0 Å². The molecule has 0 fully saturated rings. The zero-order valence-corrected chi connectivity index (χ0v) is 10.5. The van der Waals surface area contributed by atoms with Gasteiger partial charge in [0.05, 0.1) is 19.8 Å². The Morgan fingerprint density at radius 1 is 1.31 bits per heavy atom. The Morgan fingerprint density at radius 2 is 2.12 bits per heavy atom. The van der Waals surface area contributed by atoms with Gasteiger partial charge < -0.3 is 15.2 Å². The van der Waals surface area contributed by atoms with Crippen LogP contribution in [0.25, 0.3) is 0 Å². The van der Waals surface area contributed by atoms with E-state index >= 15 is 0 Å². The van der Waals surface area contributed by atoms with E-state index in [1.807, 2.05) is 6.07 Å². The van der Waals surface area contributed by atoms with Crippen molar-refractivity contribution >= 4 is 15.9 Å². The minimum absolute atomic E-state index is 0.0385. The molecular weight excluding hydrogens is 277 g/mol. The van der Waals surface area contributed by atoms with Crippen molar-refractivity contribution in [3.05, 3.63) is 34.1 Å². The molecule has 0 saturated carbocycles. The van der Waals surface area contributed by atoms with E-state index in [0.29, 0.717) is 26.3 Å². The highest BCUT2D eigenvalue weighted by Crippen LogP contribution is 2.14. The van der Waals surface area contributed by atoms with Crippen LogP contribution in [0.15, 0.2) is 22.7 Å². The van der Waals surface area contributed by atoms with Crippen LogP contribution in [0.5, 0.6) is 0 Å². The molecule has 3 nitrogen and oxygen atoms in total. The van der Waals surface area contributed by atoms with E-state index in [1.54, 1.807) is 0 Å². The largest absolute Gasteiger partial charge is 0.394 e. The Bertz CT molecular complexity index is 303. The number of hydrogen-bond acceptors (Lipinski definition) is 3. The standard InChI is InChI=1S/C11H15BrFNO2/c12-10-5-9(6-11(13)7-10)8-14-1-3-16-4-2-15/h5-7,14-15H,1-4,8H2. The van der Waals surface area contributed by atoms with Crippen LogP contribution >= 0.6 is 15.9 Å². The molecule has 5 heteroatoms. The van der Waals surface area contributed by atoms with Gasteiger partial charge in [-0.1, -0.05) is 15.9 Å². The first-order valence-electron chi connectivity index (χ1n) is 5.06. The second-order valence-electron chi connectivity index (χ2n) is 3.29. The molecule has 90 valence electrons. The van der Waals surface area contributed by atoms with Crippen molar-refractivity contribution in [3.8, 4) is 0 Å². The average Bonchev–Trinajstić information content (AvgIpc) is 2.22. The van der Waals surface area contributed by atoms with Crippen LogP contribution in [-0.2, 0) is 11.3 Å². The lowest BCUT2D eigenvalue weighted by Crippen LogP contribution is -2.20. The molecule has 0 bridgehead atoms. The van der Waals surface area contributed by atoms with Crippen LogP contribution in [0.2, 0.25) is 0 Å². The van der Waals surface area contributed by atoms with Crippen molar-refractivity contribution in [3.63, 3.8) is 0 Å². The van der Waals surface area contributed by atoms with Gasteiger partial charge in [-0.25, -0.2) is 4.39 Å². The molecular formula is C11H15BrFNO2. The molecule has 16 heavy (non-hydrogen) atoms. The van der Waals surface area contributed by atoms with Crippen molar-refractivity contribution in [2.75, 3.05) is 26.4 Å². The van der Waals surface area contributed by atoms with Gasteiger partial charge in [0.15, 0.2) is 0 Å². The van der Waals surface area contributed by atoms with Crippen molar-refractivity contribution < 1.29 is 14.2 Å². The minimum atomic E-state index is -0.247. The summed E-state index contributed by atoms with van der Waals surface area (Å²) in [7, 11) is 0. The highest BCUT2D eigenvalue weighted by Gasteiger charge is 1.98. The summed E-state index contributed by atoms with van der Waals surface area (Å²) in [5, 5.41) is 11.6. The molecule has 0 radical (unpaired) electrons. The molecule has 1 rings (SSSR count). The van der Waals surface area contributed by atoms with E-state index in [-0.39, 0.29) is 12.4 Å². The van der Waals surface area contributed by atoms with Crippen LogP contribution in [0.3, 0.4) is 0 Å². The first-order chi connectivity index (χ1) is 7.72. The molecule has 2 N–H and O–H groups in total. The number of benzene rings is 1. The summed E-state index contributed by atoms with van der Waals surface area (Å²) in [6, 6.07) is 4.78. The van der Waals surface area contributed by atoms with Gasteiger partial charge in [0.25, 0.3) is 0 Å². The SMILES string of the molecule is OCCOCCNCc1cc(F)cc(Br)c1. The van der Waals surface area contributed by atoms with Crippen molar-refractivity contribution in [2.24, 2.45) is 0 Å². The fourth-order valence-corrected chi connectivity index (χ4v) is 1.77. The molecule has 0 saturated heterocycles. The third-order valence-electron chi connectivity index (χ3n) is 1.91. The number of aliphatic hydroxyl groups excluding tert-OH is 1. The smallest absolute Gasteiger partial charge is 0.124 e. The molecule has 0 unspecified atom stereocenters. The normalized spacial score (nSPS) is 10.7. The Labute approximate surface area is 103 Å². The lowest BCUT2D eigenvalue weighted by atomic mass is 10.2. The average molecular weight is 292 g/mol. The molecule has 0 spiro atoms. The predicted octanol–water partition coefficient (Wildman–Crippen LogP) is 1.69. The van der Waals surface area contributed by atoms with Gasteiger partial charge in [-0.05, 0) is 23.8 Å². The van der Waals surface area contributed by atoms with Gasteiger partial charge in [0.1, 0.15) is 5.82 Å². The topological polar surface area (TPSA) is 41.5 Å². The van der Waals surface area contributed by atoms with Crippen molar-refractivity contribution in [1.82, 2.24) is 5.32 Å². The highest BCUT2D eigenvalue weighted by molar-refractivity contribution is 9.10. The first kappa shape index (κ1) is 13.6.